The van der Waals surface area contributed by atoms with E-state index < -0.39 is 0 Å². The molecule has 0 saturated heterocycles. The maximum absolute atomic E-state index is 6.81. The summed E-state index contributed by atoms with van der Waals surface area (Å²) in [4.78, 5) is 3.33. The molecule has 1 aromatic carbocycles. The maximum Gasteiger partial charge on any atom is 0.187 e. The van der Waals surface area contributed by atoms with E-state index in [0.29, 0.717) is 5.69 Å². The van der Waals surface area contributed by atoms with Crippen LogP contribution in [-0.4, -0.2) is 14.8 Å². The van der Waals surface area contributed by atoms with Crippen LogP contribution in [0.5, 0.6) is 0 Å². The highest BCUT2D eigenvalue weighted by atomic mass is 15.2. The first-order chi connectivity index (χ1) is 6.88. The van der Waals surface area contributed by atoms with Crippen molar-refractivity contribution in [2.24, 2.45) is 0 Å². The van der Waals surface area contributed by atoms with E-state index in [1.807, 2.05) is 28.8 Å². The summed E-state index contributed by atoms with van der Waals surface area (Å²) in [5.74, 6) is 0. The standard InChI is InChI=1S/C10H8N4/c1-11-10-4-2-9(3-5-10)6-14-7-12-13-8-14/h2-5,7-8H,6H2. The van der Waals surface area contributed by atoms with Crippen molar-refractivity contribution in [3.63, 3.8) is 0 Å². The highest BCUT2D eigenvalue weighted by molar-refractivity contribution is 5.45. The Bertz CT molecular complexity index is 436. The van der Waals surface area contributed by atoms with Gasteiger partial charge in [0.05, 0.1) is 6.57 Å². The van der Waals surface area contributed by atoms with Gasteiger partial charge < -0.3 is 4.57 Å². The number of aromatic nitrogens is 3. The summed E-state index contributed by atoms with van der Waals surface area (Å²) in [6.07, 6.45) is 3.34. The third kappa shape index (κ3) is 1.77. The van der Waals surface area contributed by atoms with Gasteiger partial charge in [-0.3, -0.25) is 0 Å². The lowest BCUT2D eigenvalue weighted by atomic mass is 10.2. The molecule has 0 fully saturated rings. The smallest absolute Gasteiger partial charge is 0.187 e. The molecule has 2 rings (SSSR count). The number of hydrogen-bond donors (Lipinski definition) is 0. The molecular formula is C10H8N4. The Hall–Kier alpha value is -2.15. The fourth-order valence-electron chi connectivity index (χ4n) is 1.19. The van der Waals surface area contributed by atoms with Gasteiger partial charge in [0.25, 0.3) is 0 Å². The van der Waals surface area contributed by atoms with Gasteiger partial charge in [0, 0.05) is 6.54 Å². The highest BCUT2D eigenvalue weighted by Gasteiger charge is 1.95. The lowest BCUT2D eigenvalue weighted by Crippen LogP contribution is -1.95. The SMILES string of the molecule is [C-]#[N+]c1ccc(Cn2cnnc2)cc1. The molecule has 14 heavy (non-hydrogen) atoms. The van der Waals surface area contributed by atoms with Gasteiger partial charge in [0.1, 0.15) is 12.7 Å². The van der Waals surface area contributed by atoms with E-state index in [0.717, 1.165) is 12.1 Å². The van der Waals surface area contributed by atoms with E-state index in [4.69, 9.17) is 6.57 Å². The van der Waals surface area contributed by atoms with Gasteiger partial charge in [-0.1, -0.05) is 24.3 Å². The first-order valence-electron chi connectivity index (χ1n) is 4.17. The van der Waals surface area contributed by atoms with Crippen molar-refractivity contribution in [1.29, 1.82) is 0 Å². The second kappa shape index (κ2) is 3.71. The molecule has 68 valence electrons. The van der Waals surface area contributed by atoms with Gasteiger partial charge in [0.15, 0.2) is 5.69 Å². The van der Waals surface area contributed by atoms with Crippen LogP contribution in [0, 0.1) is 6.57 Å². The molecular weight excluding hydrogens is 176 g/mol. The molecule has 0 spiro atoms. The monoisotopic (exact) mass is 184 g/mol. The van der Waals surface area contributed by atoms with Crippen LogP contribution in [0.2, 0.25) is 0 Å². The van der Waals surface area contributed by atoms with Crippen molar-refractivity contribution in [2.75, 3.05) is 0 Å². The minimum absolute atomic E-state index is 0.664. The summed E-state index contributed by atoms with van der Waals surface area (Å²) in [5.41, 5.74) is 1.80. The predicted octanol–water partition coefficient (Wildman–Crippen LogP) is 1.88. The molecule has 0 unspecified atom stereocenters. The largest absolute Gasteiger partial charge is 0.316 e. The minimum Gasteiger partial charge on any atom is -0.316 e. The summed E-state index contributed by atoms with van der Waals surface area (Å²) >= 11 is 0. The summed E-state index contributed by atoms with van der Waals surface area (Å²) in [5, 5.41) is 7.43. The van der Waals surface area contributed by atoms with E-state index >= 15 is 0 Å². The Balaban J connectivity index is 2.15. The van der Waals surface area contributed by atoms with Gasteiger partial charge in [-0.2, -0.15) is 0 Å². The normalized spacial score (nSPS) is 9.64. The molecule has 0 aliphatic carbocycles. The number of hydrogen-bond acceptors (Lipinski definition) is 2. The fraction of sp³-hybridized carbons (Fsp3) is 0.100. The summed E-state index contributed by atoms with van der Waals surface area (Å²) in [7, 11) is 0. The van der Waals surface area contributed by atoms with Gasteiger partial charge in [-0.25, -0.2) is 4.85 Å². The first-order valence-corrected chi connectivity index (χ1v) is 4.17. The van der Waals surface area contributed by atoms with Crippen molar-refractivity contribution in [2.45, 2.75) is 6.54 Å². The molecule has 0 radical (unpaired) electrons. The van der Waals surface area contributed by atoms with Crippen LogP contribution < -0.4 is 0 Å². The van der Waals surface area contributed by atoms with E-state index in [9.17, 15) is 0 Å². The van der Waals surface area contributed by atoms with E-state index in [-0.39, 0.29) is 0 Å². The van der Waals surface area contributed by atoms with Crippen molar-refractivity contribution in [3.8, 4) is 0 Å². The van der Waals surface area contributed by atoms with Crippen molar-refractivity contribution >= 4 is 5.69 Å². The van der Waals surface area contributed by atoms with Gasteiger partial charge in [-0.05, 0) is 5.56 Å². The van der Waals surface area contributed by atoms with Gasteiger partial charge >= 0.3 is 0 Å². The van der Waals surface area contributed by atoms with Gasteiger partial charge in [0.2, 0.25) is 0 Å². The molecule has 0 aliphatic rings. The van der Waals surface area contributed by atoms with Crippen LogP contribution in [0.15, 0.2) is 36.9 Å². The average Bonchev–Trinajstić information content (AvgIpc) is 2.72. The molecule has 4 nitrogen and oxygen atoms in total. The van der Waals surface area contributed by atoms with E-state index in [1.165, 1.54) is 0 Å². The Morgan fingerprint density at radius 2 is 1.79 bits per heavy atom. The Labute approximate surface area is 81.6 Å². The topological polar surface area (TPSA) is 35.1 Å². The second-order valence-electron chi connectivity index (χ2n) is 2.91. The van der Waals surface area contributed by atoms with Crippen molar-refractivity contribution in [3.05, 3.63) is 53.9 Å². The van der Waals surface area contributed by atoms with Crippen LogP contribution in [-0.2, 0) is 6.54 Å². The predicted molar refractivity (Wildman–Crippen MR) is 51.8 cm³/mol. The molecule has 1 aromatic heterocycles. The number of nitrogens with zero attached hydrogens (tertiary/aromatic N) is 4. The zero-order valence-electron chi connectivity index (χ0n) is 7.46. The van der Waals surface area contributed by atoms with Crippen LogP contribution in [0.4, 0.5) is 5.69 Å². The molecule has 0 bridgehead atoms. The van der Waals surface area contributed by atoms with Crippen LogP contribution in [0.3, 0.4) is 0 Å². The zero-order chi connectivity index (χ0) is 9.80. The van der Waals surface area contributed by atoms with Crippen LogP contribution in [0.1, 0.15) is 5.56 Å². The van der Waals surface area contributed by atoms with Crippen molar-refractivity contribution in [1.82, 2.24) is 14.8 Å². The lowest BCUT2D eigenvalue weighted by molar-refractivity contribution is 0.794. The van der Waals surface area contributed by atoms with E-state index in [1.54, 1.807) is 12.7 Å². The summed E-state index contributed by atoms with van der Waals surface area (Å²) in [6.45, 7) is 7.55. The third-order valence-corrected chi connectivity index (χ3v) is 1.90. The van der Waals surface area contributed by atoms with Crippen molar-refractivity contribution < 1.29 is 0 Å². The fourth-order valence-corrected chi connectivity index (χ4v) is 1.19. The quantitative estimate of drug-likeness (QED) is 0.668. The average molecular weight is 184 g/mol. The molecule has 0 amide bonds. The minimum atomic E-state index is 0.664. The maximum atomic E-state index is 6.81. The Morgan fingerprint density at radius 1 is 1.14 bits per heavy atom. The lowest BCUT2D eigenvalue weighted by Gasteiger charge is -2.00. The first kappa shape index (κ1) is 8.45. The molecule has 1 heterocycles. The molecule has 4 heteroatoms. The Morgan fingerprint density at radius 3 is 2.36 bits per heavy atom. The zero-order valence-corrected chi connectivity index (χ0v) is 7.46. The molecule has 2 aromatic rings. The third-order valence-electron chi connectivity index (χ3n) is 1.90. The van der Waals surface area contributed by atoms with E-state index in [2.05, 4.69) is 15.0 Å². The number of rotatable bonds is 2. The summed E-state index contributed by atoms with van der Waals surface area (Å²) in [6, 6.07) is 7.50. The summed E-state index contributed by atoms with van der Waals surface area (Å²) < 4.78 is 1.88. The molecule has 0 N–H and O–H groups in total. The Kier molecular flexibility index (Phi) is 2.24. The molecule has 0 atom stereocenters. The number of benzene rings is 1. The molecule has 0 aliphatic heterocycles. The van der Waals surface area contributed by atoms with Gasteiger partial charge in [-0.15, -0.1) is 10.2 Å². The van der Waals surface area contributed by atoms with Crippen LogP contribution in [0.25, 0.3) is 4.85 Å². The molecule has 0 saturated carbocycles. The highest BCUT2D eigenvalue weighted by Crippen LogP contribution is 2.12. The second-order valence-corrected chi connectivity index (χ2v) is 2.91. The van der Waals surface area contributed by atoms with Crippen LogP contribution >= 0.6 is 0 Å².